The number of amides is 2. The minimum atomic E-state index is -0.341. The lowest BCUT2D eigenvalue weighted by Gasteiger charge is -2.30. The second kappa shape index (κ2) is 13.9. The summed E-state index contributed by atoms with van der Waals surface area (Å²) in [4.78, 5) is 31.4. The molecule has 0 aromatic heterocycles. The molecule has 5 rings (SSSR count). The third-order valence-corrected chi connectivity index (χ3v) is 8.55. The lowest BCUT2D eigenvalue weighted by Crippen LogP contribution is -2.50. The highest BCUT2D eigenvalue weighted by Crippen LogP contribution is 2.29. The van der Waals surface area contributed by atoms with Crippen LogP contribution in [0.2, 0.25) is 10.0 Å². The van der Waals surface area contributed by atoms with Crippen LogP contribution < -0.4 is 15.4 Å². The summed E-state index contributed by atoms with van der Waals surface area (Å²) < 4.78 is 5.65. The second-order valence-corrected chi connectivity index (χ2v) is 11.9. The Kier molecular flexibility index (Phi) is 10.0. The van der Waals surface area contributed by atoms with Gasteiger partial charge in [0, 0.05) is 47.7 Å². The van der Waals surface area contributed by atoms with Gasteiger partial charge in [0.2, 0.25) is 5.91 Å². The van der Waals surface area contributed by atoms with Gasteiger partial charge in [-0.05, 0) is 74.0 Å². The van der Waals surface area contributed by atoms with Gasteiger partial charge >= 0.3 is 0 Å². The van der Waals surface area contributed by atoms with Crippen LogP contribution in [-0.2, 0) is 11.3 Å². The molecule has 9 heteroatoms. The van der Waals surface area contributed by atoms with Crippen molar-refractivity contribution in [2.45, 2.75) is 50.7 Å². The summed E-state index contributed by atoms with van der Waals surface area (Å²) in [5.41, 5.74) is 1.40. The molecule has 41 heavy (non-hydrogen) atoms. The Morgan fingerprint density at radius 1 is 1.02 bits per heavy atom. The van der Waals surface area contributed by atoms with Crippen LogP contribution in [0.5, 0.6) is 5.75 Å². The Labute approximate surface area is 252 Å². The molecular weight excluding hydrogens is 559 g/mol. The molecule has 0 radical (unpaired) electrons. The van der Waals surface area contributed by atoms with Crippen molar-refractivity contribution in [3.05, 3.63) is 75.8 Å². The van der Waals surface area contributed by atoms with Crippen LogP contribution >= 0.6 is 23.2 Å². The topological polar surface area (TPSA) is 73.9 Å². The van der Waals surface area contributed by atoms with Crippen molar-refractivity contribution >= 4 is 45.8 Å². The fourth-order valence-corrected chi connectivity index (χ4v) is 6.55. The monoisotopic (exact) mass is 596 g/mol. The van der Waals surface area contributed by atoms with Crippen LogP contribution in [0.25, 0.3) is 10.8 Å². The number of rotatable bonds is 9. The molecule has 2 aliphatic rings. The van der Waals surface area contributed by atoms with E-state index in [-0.39, 0.29) is 23.9 Å². The number of hydrogen-bond acceptors (Lipinski definition) is 5. The van der Waals surface area contributed by atoms with Crippen molar-refractivity contribution in [3.63, 3.8) is 0 Å². The number of carbonyl (C=O) groups is 2. The Morgan fingerprint density at radius 3 is 2.54 bits per heavy atom. The number of benzene rings is 3. The summed E-state index contributed by atoms with van der Waals surface area (Å²) in [6, 6.07) is 16.6. The van der Waals surface area contributed by atoms with Crippen LogP contribution in [-0.4, -0.2) is 73.5 Å². The van der Waals surface area contributed by atoms with E-state index < -0.39 is 0 Å². The minimum absolute atomic E-state index is 0.0614. The molecule has 2 fully saturated rings. The Morgan fingerprint density at radius 2 is 1.78 bits per heavy atom. The average Bonchev–Trinajstić information content (AvgIpc) is 3.12. The zero-order chi connectivity index (χ0) is 28.8. The number of nitrogens with one attached hydrogen (secondary N) is 2. The van der Waals surface area contributed by atoms with E-state index in [1.807, 2.05) is 47.4 Å². The van der Waals surface area contributed by atoms with E-state index in [1.165, 1.54) is 19.3 Å². The zero-order valence-electron chi connectivity index (χ0n) is 23.5. The normalized spacial score (nSPS) is 20.2. The van der Waals surface area contributed by atoms with Crippen LogP contribution in [0.4, 0.5) is 0 Å². The van der Waals surface area contributed by atoms with Gasteiger partial charge in [0.15, 0.2) is 0 Å². The first-order valence-electron chi connectivity index (χ1n) is 14.5. The summed E-state index contributed by atoms with van der Waals surface area (Å²) >= 11 is 12.5. The number of methoxy groups -OCH3 is 1. The van der Waals surface area contributed by atoms with Gasteiger partial charge in [0.05, 0.1) is 18.7 Å². The molecule has 2 aliphatic heterocycles. The van der Waals surface area contributed by atoms with Crippen molar-refractivity contribution in [2.75, 3.05) is 39.8 Å². The summed E-state index contributed by atoms with van der Waals surface area (Å²) in [7, 11) is 1.59. The van der Waals surface area contributed by atoms with Gasteiger partial charge in [-0.25, -0.2) is 0 Å². The Bertz CT molecular complexity index is 1360. The maximum absolute atomic E-state index is 13.8. The smallest absolute Gasteiger partial charge is 0.255 e. The van der Waals surface area contributed by atoms with Crippen molar-refractivity contribution in [1.29, 1.82) is 0 Å². The van der Waals surface area contributed by atoms with E-state index in [0.29, 0.717) is 53.8 Å². The molecule has 0 bridgehead atoms. The predicted octanol–water partition coefficient (Wildman–Crippen LogP) is 5.52. The van der Waals surface area contributed by atoms with Gasteiger partial charge in [-0.15, -0.1) is 0 Å². The summed E-state index contributed by atoms with van der Waals surface area (Å²) in [5.74, 6) is 0.443. The Hall–Kier alpha value is -2.84. The van der Waals surface area contributed by atoms with Crippen LogP contribution in [0.3, 0.4) is 0 Å². The van der Waals surface area contributed by atoms with Crippen LogP contribution in [0.15, 0.2) is 54.6 Å². The highest BCUT2D eigenvalue weighted by Gasteiger charge is 2.31. The van der Waals surface area contributed by atoms with Crippen LogP contribution in [0, 0.1) is 0 Å². The van der Waals surface area contributed by atoms with E-state index in [1.54, 1.807) is 19.2 Å². The van der Waals surface area contributed by atoms with E-state index in [0.717, 1.165) is 36.0 Å². The summed E-state index contributed by atoms with van der Waals surface area (Å²) in [5, 5.41) is 9.72. The molecule has 2 N–H and O–H groups in total. The first-order valence-corrected chi connectivity index (χ1v) is 15.2. The van der Waals surface area contributed by atoms with Gasteiger partial charge in [-0.2, -0.15) is 0 Å². The number of piperidine rings is 1. The van der Waals surface area contributed by atoms with Crippen molar-refractivity contribution in [3.8, 4) is 5.75 Å². The summed E-state index contributed by atoms with van der Waals surface area (Å²) in [6.07, 6.45) is 5.11. The molecule has 0 saturated carbocycles. The molecule has 2 saturated heterocycles. The first kappa shape index (κ1) is 29.6. The molecule has 218 valence electrons. The quantitative estimate of drug-likeness (QED) is 0.340. The molecule has 3 aromatic rings. The molecule has 0 unspecified atom stereocenters. The standard InChI is InChI=1S/C32H38Cl2N4O3/c1-41-30-27-8-4-3-7-23(27)9-10-28(30)31(39)35-20-26-11-16-38(21-22-17-24(33)19-25(34)18-22)32(40)29(36-26)12-15-37-13-5-2-6-14-37/h3-4,7-10,17-19,26,29,36H,2,5-6,11-16,20-21H2,1H3,(H,35,39)/t26-,29-/m1/s1. The highest BCUT2D eigenvalue weighted by atomic mass is 35.5. The molecule has 3 aromatic carbocycles. The number of fused-ring (bicyclic) bond motifs is 1. The minimum Gasteiger partial charge on any atom is -0.495 e. The molecule has 7 nitrogen and oxygen atoms in total. The van der Waals surface area contributed by atoms with Gasteiger partial charge in [-0.1, -0.05) is 60.0 Å². The Balaban J connectivity index is 1.29. The SMILES string of the molecule is COc1c(C(=O)NC[C@H]2CCN(Cc3cc(Cl)cc(Cl)c3)C(=O)[C@@H](CCN3CCCCC3)N2)ccc2ccccc12. The molecule has 2 heterocycles. The molecule has 0 aliphatic carbocycles. The predicted molar refractivity (Wildman–Crippen MR) is 165 cm³/mol. The fourth-order valence-electron chi connectivity index (χ4n) is 5.98. The third-order valence-electron chi connectivity index (χ3n) is 8.11. The second-order valence-electron chi connectivity index (χ2n) is 11.0. The molecular formula is C32H38Cl2N4O3. The van der Waals surface area contributed by atoms with Crippen molar-refractivity contribution < 1.29 is 14.3 Å². The lowest BCUT2D eigenvalue weighted by atomic mass is 10.0. The van der Waals surface area contributed by atoms with Gasteiger partial charge in [0.1, 0.15) is 5.75 Å². The molecule has 0 spiro atoms. The number of hydrogen-bond donors (Lipinski definition) is 2. The zero-order valence-corrected chi connectivity index (χ0v) is 25.0. The fraction of sp³-hybridized carbons (Fsp3) is 0.438. The van der Waals surface area contributed by atoms with Gasteiger partial charge < -0.3 is 25.2 Å². The summed E-state index contributed by atoms with van der Waals surface area (Å²) in [6.45, 7) is 4.44. The van der Waals surface area contributed by atoms with E-state index in [4.69, 9.17) is 27.9 Å². The van der Waals surface area contributed by atoms with Crippen molar-refractivity contribution in [2.24, 2.45) is 0 Å². The number of nitrogens with zero attached hydrogens (tertiary/aromatic N) is 2. The van der Waals surface area contributed by atoms with E-state index in [2.05, 4.69) is 15.5 Å². The highest BCUT2D eigenvalue weighted by molar-refractivity contribution is 6.34. The maximum Gasteiger partial charge on any atom is 0.255 e. The van der Waals surface area contributed by atoms with Gasteiger partial charge in [-0.3, -0.25) is 9.59 Å². The average molecular weight is 598 g/mol. The van der Waals surface area contributed by atoms with Crippen molar-refractivity contribution in [1.82, 2.24) is 20.4 Å². The number of ether oxygens (including phenoxy) is 1. The molecule has 2 atom stereocenters. The van der Waals surface area contributed by atoms with E-state index >= 15 is 0 Å². The maximum atomic E-state index is 13.8. The van der Waals surface area contributed by atoms with Gasteiger partial charge in [0.25, 0.3) is 5.91 Å². The number of likely N-dealkylation sites (tertiary alicyclic amines) is 1. The number of carbonyl (C=O) groups excluding carboxylic acids is 2. The first-order chi connectivity index (χ1) is 19.9. The van der Waals surface area contributed by atoms with E-state index in [9.17, 15) is 9.59 Å². The third kappa shape index (κ3) is 7.52. The molecule has 2 amide bonds. The number of halogens is 2. The lowest BCUT2D eigenvalue weighted by molar-refractivity contribution is -0.133. The van der Waals surface area contributed by atoms with Crippen LogP contribution in [0.1, 0.15) is 48.0 Å². The largest absolute Gasteiger partial charge is 0.495 e.